The molecule has 1 aromatic heterocycles. The number of allylic oxidation sites excluding steroid dienone is 1. The van der Waals surface area contributed by atoms with Crippen molar-refractivity contribution < 1.29 is 33.1 Å². The van der Waals surface area contributed by atoms with E-state index in [9.17, 15) is 19.2 Å². The Labute approximate surface area is 199 Å². The van der Waals surface area contributed by atoms with E-state index in [2.05, 4.69) is 6.92 Å². The summed E-state index contributed by atoms with van der Waals surface area (Å²) in [5, 5.41) is 0. The van der Waals surface area contributed by atoms with E-state index in [1.54, 1.807) is 12.5 Å². The molecule has 7 heteroatoms. The van der Waals surface area contributed by atoms with Gasteiger partial charge in [0.2, 0.25) is 0 Å². The number of esters is 2. The zero-order chi connectivity index (χ0) is 24.6. The molecule has 5 rings (SSSR count). The zero-order valence-electron chi connectivity index (χ0n) is 20.4. The van der Waals surface area contributed by atoms with Crippen molar-refractivity contribution in [1.82, 2.24) is 0 Å². The molecule has 4 aliphatic rings. The first-order valence-electron chi connectivity index (χ1n) is 12.1. The largest absolute Gasteiger partial charge is 0.472 e. The number of methoxy groups -OCH3 is 1. The Hall–Kier alpha value is -2.70. The second-order valence-electron chi connectivity index (χ2n) is 11.4. The maximum absolute atomic E-state index is 13.8. The number of ether oxygens (including phenoxy) is 2. The summed E-state index contributed by atoms with van der Waals surface area (Å²) in [5.41, 5.74) is 0.703. The number of hydrogen-bond acceptors (Lipinski definition) is 7. The Kier molecular flexibility index (Phi) is 5.02. The monoisotopic (exact) mass is 468 g/mol. The maximum Gasteiger partial charge on any atom is 0.310 e. The summed E-state index contributed by atoms with van der Waals surface area (Å²) in [6.45, 7) is 7.77. The highest BCUT2D eigenvalue weighted by Gasteiger charge is 2.67. The van der Waals surface area contributed by atoms with Crippen molar-refractivity contribution >= 4 is 23.5 Å². The third-order valence-corrected chi connectivity index (χ3v) is 9.59. The molecule has 182 valence electrons. The molecule has 7 nitrogen and oxygen atoms in total. The molecule has 3 aliphatic carbocycles. The van der Waals surface area contributed by atoms with Crippen LogP contribution >= 0.6 is 0 Å². The molecule has 4 unspecified atom stereocenters. The lowest BCUT2D eigenvalue weighted by Gasteiger charge is -2.61. The minimum atomic E-state index is -0.884. The summed E-state index contributed by atoms with van der Waals surface area (Å²) in [5.74, 6) is -2.26. The van der Waals surface area contributed by atoms with Crippen LogP contribution in [-0.4, -0.2) is 30.6 Å². The molecule has 2 bridgehead atoms. The van der Waals surface area contributed by atoms with Crippen molar-refractivity contribution in [2.45, 2.75) is 65.9 Å². The molecule has 0 aromatic carbocycles. The van der Waals surface area contributed by atoms with E-state index in [0.717, 1.165) is 29.6 Å². The van der Waals surface area contributed by atoms with Gasteiger partial charge < -0.3 is 13.9 Å². The normalized spacial score (nSPS) is 38.7. The molecule has 0 radical (unpaired) electrons. The van der Waals surface area contributed by atoms with E-state index in [0.29, 0.717) is 6.42 Å². The van der Waals surface area contributed by atoms with Gasteiger partial charge in [0, 0.05) is 21.8 Å². The van der Waals surface area contributed by atoms with E-state index >= 15 is 0 Å². The molecule has 2 saturated carbocycles. The summed E-state index contributed by atoms with van der Waals surface area (Å²) < 4.78 is 16.1. The molecule has 1 aliphatic heterocycles. The zero-order valence-corrected chi connectivity index (χ0v) is 20.4. The summed E-state index contributed by atoms with van der Waals surface area (Å²) in [6, 6.07) is 1.82. The lowest BCUT2D eigenvalue weighted by molar-refractivity contribution is -0.172. The summed E-state index contributed by atoms with van der Waals surface area (Å²) in [7, 11) is 1.33. The average molecular weight is 469 g/mol. The van der Waals surface area contributed by atoms with Gasteiger partial charge in [-0.2, -0.15) is 0 Å². The number of fused-ring (bicyclic) bond motifs is 5. The molecule has 34 heavy (non-hydrogen) atoms. The number of hydrogen-bond donors (Lipinski definition) is 0. The van der Waals surface area contributed by atoms with Gasteiger partial charge in [0.05, 0.1) is 38.4 Å². The Morgan fingerprint density at radius 3 is 2.53 bits per heavy atom. The van der Waals surface area contributed by atoms with Crippen LogP contribution < -0.4 is 0 Å². The number of carbonyl (C=O) groups excluding carboxylic acids is 4. The van der Waals surface area contributed by atoms with Crippen LogP contribution in [0.3, 0.4) is 0 Å². The molecule has 0 spiro atoms. The minimum Gasteiger partial charge on any atom is -0.472 e. The van der Waals surface area contributed by atoms with Gasteiger partial charge in [-0.3, -0.25) is 19.2 Å². The van der Waals surface area contributed by atoms with Crippen LogP contribution in [-0.2, 0) is 28.7 Å². The second kappa shape index (κ2) is 7.40. The third kappa shape index (κ3) is 2.88. The Morgan fingerprint density at radius 2 is 1.88 bits per heavy atom. The van der Waals surface area contributed by atoms with E-state index in [4.69, 9.17) is 13.9 Å². The molecule has 0 N–H and O–H groups in total. The quantitative estimate of drug-likeness (QED) is 0.369. The Bertz CT molecular complexity index is 1110. The highest BCUT2D eigenvalue weighted by atomic mass is 16.5. The van der Waals surface area contributed by atoms with E-state index in [-0.39, 0.29) is 36.3 Å². The molecule has 6 atom stereocenters. The van der Waals surface area contributed by atoms with Gasteiger partial charge in [0.15, 0.2) is 0 Å². The van der Waals surface area contributed by atoms with Crippen molar-refractivity contribution in [1.29, 1.82) is 0 Å². The molecule has 2 heterocycles. The van der Waals surface area contributed by atoms with Crippen LogP contribution in [0.5, 0.6) is 0 Å². The molecule has 1 saturated heterocycles. The van der Waals surface area contributed by atoms with Crippen LogP contribution in [0.1, 0.15) is 71.5 Å². The fourth-order valence-electron chi connectivity index (χ4n) is 7.76. The summed E-state index contributed by atoms with van der Waals surface area (Å²) >= 11 is 0. The smallest absolute Gasteiger partial charge is 0.310 e. The number of ketones is 2. The van der Waals surface area contributed by atoms with Crippen LogP contribution in [0, 0.1) is 34.0 Å². The van der Waals surface area contributed by atoms with E-state index in [1.165, 1.54) is 7.11 Å². The van der Waals surface area contributed by atoms with Crippen molar-refractivity contribution in [3.05, 3.63) is 35.3 Å². The highest BCUT2D eigenvalue weighted by Crippen LogP contribution is 2.66. The lowest BCUT2D eigenvalue weighted by Crippen LogP contribution is -2.64. The minimum absolute atomic E-state index is 0.0142. The fraction of sp³-hybridized carbons (Fsp3) is 0.630. The van der Waals surface area contributed by atoms with Crippen LogP contribution in [0.15, 0.2) is 34.2 Å². The second-order valence-corrected chi connectivity index (χ2v) is 11.4. The number of carbonyl (C=O) groups is 4. The van der Waals surface area contributed by atoms with Crippen LogP contribution in [0.4, 0.5) is 0 Å². The van der Waals surface area contributed by atoms with Crippen molar-refractivity contribution in [2.75, 3.05) is 7.11 Å². The van der Waals surface area contributed by atoms with E-state index in [1.807, 2.05) is 26.8 Å². The van der Waals surface area contributed by atoms with Crippen molar-refractivity contribution in [2.24, 2.45) is 34.0 Å². The molecule has 3 fully saturated rings. The van der Waals surface area contributed by atoms with Gasteiger partial charge in [-0.25, -0.2) is 0 Å². The van der Waals surface area contributed by atoms with Gasteiger partial charge in [0.1, 0.15) is 17.7 Å². The number of Topliss-reactive ketones (excluding diaryl/α,β-unsaturated/α-hetero) is 2. The summed E-state index contributed by atoms with van der Waals surface area (Å²) in [6.07, 6.45) is 4.68. The summed E-state index contributed by atoms with van der Waals surface area (Å²) in [4.78, 5) is 52.6. The van der Waals surface area contributed by atoms with Crippen molar-refractivity contribution in [3.8, 4) is 0 Å². The predicted octanol–water partition coefficient (Wildman–Crippen LogP) is 4.36. The maximum atomic E-state index is 13.8. The predicted molar refractivity (Wildman–Crippen MR) is 120 cm³/mol. The van der Waals surface area contributed by atoms with Crippen LogP contribution in [0.25, 0.3) is 0 Å². The fourth-order valence-corrected chi connectivity index (χ4v) is 7.76. The number of rotatable bonds is 3. The average Bonchev–Trinajstić information content (AvgIpc) is 3.32. The lowest BCUT2D eigenvalue weighted by atomic mass is 9.41. The topological polar surface area (TPSA) is 99.9 Å². The first-order chi connectivity index (χ1) is 16.0. The molecular weight excluding hydrogens is 436 g/mol. The number of cyclic esters (lactones) is 1. The molecule has 0 amide bonds. The first-order valence-corrected chi connectivity index (χ1v) is 12.1. The van der Waals surface area contributed by atoms with Gasteiger partial charge in [-0.1, -0.05) is 33.3 Å². The van der Waals surface area contributed by atoms with Gasteiger partial charge >= 0.3 is 11.9 Å². The van der Waals surface area contributed by atoms with Gasteiger partial charge in [0.25, 0.3) is 0 Å². The van der Waals surface area contributed by atoms with Gasteiger partial charge in [-0.05, 0) is 42.7 Å². The molecular formula is C27H32O7. The number of furan rings is 1. The Balaban J connectivity index is 1.68. The van der Waals surface area contributed by atoms with Crippen LogP contribution in [0.2, 0.25) is 0 Å². The highest BCUT2D eigenvalue weighted by molar-refractivity contribution is 6.11. The molecule has 1 aromatic rings. The van der Waals surface area contributed by atoms with Crippen molar-refractivity contribution in [3.63, 3.8) is 0 Å². The SMILES string of the molecule is COC(=O)CC1C(C)(C)C(=O)C2CC3=C4CC(=O)OC(c5ccoc5)[C@]4(C)CCC3[C@@]1(C)C2=O. The van der Waals surface area contributed by atoms with Gasteiger partial charge in [-0.15, -0.1) is 0 Å². The van der Waals surface area contributed by atoms with E-state index < -0.39 is 40.2 Å². The third-order valence-electron chi connectivity index (χ3n) is 9.59. The standard InChI is InChI=1S/C27H32O7/c1-25(2)19(12-20(28)32-5)27(4)17-6-8-26(3)18(15(17)10-16(22(25)30)23(27)31)11-21(29)34-24(26)14-7-9-33-13-14/h7,9,13,16-17,19,24H,6,8,10-12H2,1-5H3/t16?,17?,19?,24?,26-,27-/m1/s1. The Morgan fingerprint density at radius 1 is 1.15 bits per heavy atom. The first kappa shape index (κ1) is 23.1.